The van der Waals surface area contributed by atoms with Crippen LogP contribution in [0.5, 0.6) is 5.75 Å². The molecule has 0 aromatic heterocycles. The molecule has 2 aliphatic heterocycles. The van der Waals surface area contributed by atoms with Gasteiger partial charge in [-0.15, -0.1) is 11.8 Å². The molecule has 3 rings (SSSR count). The Morgan fingerprint density at radius 3 is 2.41 bits per heavy atom. The van der Waals surface area contributed by atoms with Gasteiger partial charge in [0.15, 0.2) is 6.10 Å². The average Bonchev–Trinajstić information content (AvgIpc) is 3.00. The summed E-state index contributed by atoms with van der Waals surface area (Å²) in [6.45, 7) is 7.34. The first-order valence-corrected chi connectivity index (χ1v) is 11.8. The number of hydrogen-bond acceptors (Lipinski definition) is 6. The van der Waals surface area contributed by atoms with E-state index in [1.54, 1.807) is 6.92 Å². The second-order valence-corrected chi connectivity index (χ2v) is 11.1. The summed E-state index contributed by atoms with van der Waals surface area (Å²) >= 11 is 1.41. The Hall–Kier alpha value is -2.42. The molecule has 0 spiro atoms. The largest absolute Gasteiger partial charge is 0.481 e. The number of benzene rings is 1. The molecule has 2 N–H and O–H groups in total. The number of amides is 2. The minimum Gasteiger partial charge on any atom is -0.481 e. The molecule has 9 heteroatoms. The molecule has 0 aliphatic carbocycles. The highest BCUT2D eigenvalue weighted by Gasteiger charge is 2.70. The van der Waals surface area contributed by atoms with Gasteiger partial charge in [-0.3, -0.25) is 9.59 Å². The van der Waals surface area contributed by atoms with Crippen molar-refractivity contribution in [2.45, 2.75) is 74.8 Å². The minimum atomic E-state index is -1.16. The first kappa shape index (κ1) is 24.2. The van der Waals surface area contributed by atoms with E-state index in [9.17, 15) is 19.5 Å². The Morgan fingerprint density at radius 1 is 1.25 bits per heavy atom. The van der Waals surface area contributed by atoms with Gasteiger partial charge in [-0.2, -0.15) is 0 Å². The molecular formula is C23H33N3O5S. The van der Waals surface area contributed by atoms with Crippen LogP contribution in [0.25, 0.3) is 0 Å². The van der Waals surface area contributed by atoms with Crippen LogP contribution in [0.15, 0.2) is 24.3 Å². The Morgan fingerprint density at radius 2 is 1.88 bits per heavy atom. The molecule has 1 aromatic carbocycles. The number of anilines is 1. The Labute approximate surface area is 193 Å². The second kappa shape index (κ2) is 8.84. The summed E-state index contributed by atoms with van der Waals surface area (Å²) < 4.78 is 5.37. The number of β-lactam (4-membered cyclic amide) rings is 1. The Bertz CT molecular complexity index is 888. The number of carboxylic acids is 1. The van der Waals surface area contributed by atoms with E-state index in [1.807, 2.05) is 64.0 Å². The fraction of sp³-hybridized carbons (Fsp3) is 0.609. The summed E-state index contributed by atoms with van der Waals surface area (Å²) in [5.41, 5.74) is -0.139. The van der Waals surface area contributed by atoms with E-state index < -0.39 is 33.8 Å². The maximum absolute atomic E-state index is 13.2. The highest BCUT2D eigenvalue weighted by molar-refractivity contribution is 8.01. The quantitative estimate of drug-likeness (QED) is 0.543. The van der Waals surface area contributed by atoms with E-state index in [-0.39, 0.29) is 11.8 Å². The predicted octanol–water partition coefficient (Wildman–Crippen LogP) is 2.71. The number of rotatable bonds is 9. The average molecular weight is 464 g/mol. The smallest absolute Gasteiger partial charge is 0.327 e. The molecule has 2 saturated heterocycles. The van der Waals surface area contributed by atoms with Crippen molar-refractivity contribution in [3.63, 3.8) is 0 Å². The number of unbranched alkanes of at least 4 members (excludes halogenated alkanes) is 1. The number of nitrogens with one attached hydrogen (secondary N) is 1. The van der Waals surface area contributed by atoms with Crippen LogP contribution in [0.3, 0.4) is 0 Å². The van der Waals surface area contributed by atoms with Gasteiger partial charge in [-0.1, -0.05) is 13.3 Å². The summed E-state index contributed by atoms with van der Waals surface area (Å²) in [5.74, 6) is -1.17. The second-order valence-electron chi connectivity index (χ2n) is 9.36. The number of aliphatic carboxylic acids is 1. The van der Waals surface area contributed by atoms with E-state index in [0.29, 0.717) is 12.2 Å². The number of carboxylic acid groups (broad SMARTS) is 1. The van der Waals surface area contributed by atoms with E-state index in [0.717, 1.165) is 18.5 Å². The van der Waals surface area contributed by atoms with Crippen LogP contribution in [-0.2, 0) is 14.4 Å². The highest BCUT2D eigenvalue weighted by atomic mass is 32.2. The van der Waals surface area contributed by atoms with E-state index in [2.05, 4.69) is 5.32 Å². The number of ether oxygens (including phenoxy) is 1. The lowest BCUT2D eigenvalue weighted by molar-refractivity contribution is -0.168. The summed E-state index contributed by atoms with van der Waals surface area (Å²) in [4.78, 5) is 41.3. The van der Waals surface area contributed by atoms with Crippen molar-refractivity contribution in [3.05, 3.63) is 24.3 Å². The van der Waals surface area contributed by atoms with Gasteiger partial charge in [0, 0.05) is 24.5 Å². The van der Waals surface area contributed by atoms with Gasteiger partial charge in [0.2, 0.25) is 0 Å². The van der Waals surface area contributed by atoms with Crippen molar-refractivity contribution < 1.29 is 24.2 Å². The molecule has 2 aliphatic rings. The maximum Gasteiger partial charge on any atom is 0.327 e. The lowest BCUT2D eigenvalue weighted by atomic mass is 9.86. The first-order valence-electron chi connectivity index (χ1n) is 10.9. The van der Waals surface area contributed by atoms with Crippen LogP contribution in [0.4, 0.5) is 5.69 Å². The number of nitrogens with zero attached hydrogens (tertiary/aromatic N) is 2. The molecule has 1 aromatic rings. The molecular weight excluding hydrogens is 430 g/mol. The summed E-state index contributed by atoms with van der Waals surface area (Å²) in [7, 11) is 3.90. The SMILES string of the molecule is CCCCC(Oc1ccc(N(C)C)cc1)C(=O)N[C@@]1(C)C(=O)N2[C@@H](C(=O)O)C(C)(C)S[C@@H]21. The van der Waals surface area contributed by atoms with Crippen molar-refractivity contribution in [1.82, 2.24) is 10.2 Å². The third-order valence-corrected chi connectivity index (χ3v) is 7.89. The molecule has 32 heavy (non-hydrogen) atoms. The standard InChI is InChI=1S/C23H33N3O5S/c1-7-8-9-16(31-15-12-10-14(11-13-15)25(5)6)18(27)24-23(4)20(30)26-17(19(28)29)22(2,3)32-21(23)26/h10-13,16-17,21H,7-9H2,1-6H3,(H,24,27)(H,28,29)/t16?,17-,21+,23-/m0/s1. The maximum atomic E-state index is 13.2. The molecule has 4 atom stereocenters. The third-order valence-electron chi connectivity index (χ3n) is 6.14. The Balaban J connectivity index is 1.75. The van der Waals surface area contributed by atoms with Crippen molar-refractivity contribution in [2.75, 3.05) is 19.0 Å². The minimum absolute atomic E-state index is 0.359. The highest BCUT2D eigenvalue weighted by Crippen LogP contribution is 2.54. The fourth-order valence-electron chi connectivity index (χ4n) is 4.29. The van der Waals surface area contributed by atoms with E-state index in [1.165, 1.54) is 16.7 Å². The zero-order valence-corrected chi connectivity index (χ0v) is 20.4. The zero-order valence-electron chi connectivity index (χ0n) is 19.5. The fourth-order valence-corrected chi connectivity index (χ4v) is 5.94. The van der Waals surface area contributed by atoms with Crippen molar-refractivity contribution in [2.24, 2.45) is 0 Å². The number of carbonyl (C=O) groups is 3. The van der Waals surface area contributed by atoms with Crippen molar-refractivity contribution >= 4 is 35.2 Å². The molecule has 1 unspecified atom stereocenters. The molecule has 2 amide bonds. The van der Waals surface area contributed by atoms with Crippen molar-refractivity contribution in [3.8, 4) is 5.75 Å². The number of fused-ring (bicyclic) bond motifs is 1. The molecule has 0 bridgehead atoms. The van der Waals surface area contributed by atoms with Gasteiger partial charge in [0.25, 0.3) is 11.8 Å². The van der Waals surface area contributed by atoms with Gasteiger partial charge in [-0.05, 0) is 57.9 Å². The molecule has 8 nitrogen and oxygen atoms in total. The predicted molar refractivity (Wildman–Crippen MR) is 125 cm³/mol. The van der Waals surface area contributed by atoms with Crippen LogP contribution in [-0.4, -0.2) is 69.7 Å². The van der Waals surface area contributed by atoms with E-state index in [4.69, 9.17) is 4.74 Å². The third kappa shape index (κ3) is 4.27. The van der Waals surface area contributed by atoms with Crippen LogP contribution < -0.4 is 15.0 Å². The van der Waals surface area contributed by atoms with Gasteiger partial charge in [0.05, 0.1) is 0 Å². The summed E-state index contributed by atoms with van der Waals surface area (Å²) in [5, 5.41) is 12.1. The van der Waals surface area contributed by atoms with Crippen LogP contribution in [0.1, 0.15) is 47.0 Å². The topological polar surface area (TPSA) is 99.2 Å². The van der Waals surface area contributed by atoms with Crippen LogP contribution >= 0.6 is 11.8 Å². The molecule has 0 radical (unpaired) electrons. The van der Waals surface area contributed by atoms with Gasteiger partial charge in [0.1, 0.15) is 22.7 Å². The van der Waals surface area contributed by atoms with Crippen molar-refractivity contribution in [1.29, 1.82) is 0 Å². The number of hydrogen-bond donors (Lipinski definition) is 2. The molecule has 2 fully saturated rings. The van der Waals surface area contributed by atoms with Gasteiger partial charge >= 0.3 is 5.97 Å². The van der Waals surface area contributed by atoms with Crippen LogP contribution in [0, 0.1) is 0 Å². The van der Waals surface area contributed by atoms with Crippen LogP contribution in [0.2, 0.25) is 0 Å². The Kier molecular flexibility index (Phi) is 6.70. The molecule has 176 valence electrons. The first-order chi connectivity index (χ1) is 14.9. The number of carbonyl (C=O) groups excluding carboxylic acids is 2. The zero-order chi connectivity index (χ0) is 23.8. The van der Waals surface area contributed by atoms with E-state index >= 15 is 0 Å². The number of thioether (sulfide) groups is 1. The lowest BCUT2D eigenvalue weighted by Crippen LogP contribution is -2.78. The van der Waals surface area contributed by atoms with Gasteiger partial charge in [-0.25, -0.2) is 4.79 Å². The van der Waals surface area contributed by atoms with Gasteiger partial charge < -0.3 is 25.0 Å². The summed E-state index contributed by atoms with van der Waals surface area (Å²) in [6.07, 6.45) is 1.49. The monoisotopic (exact) mass is 463 g/mol. The molecule has 2 heterocycles. The molecule has 0 saturated carbocycles. The summed E-state index contributed by atoms with van der Waals surface area (Å²) in [6, 6.07) is 6.57. The normalized spacial score (nSPS) is 26.7. The lowest BCUT2D eigenvalue weighted by Gasteiger charge is -2.51.